The average Bonchev–Trinajstić information content (AvgIpc) is 3.77. The van der Waals surface area contributed by atoms with E-state index in [1.54, 1.807) is 6.07 Å². The Bertz CT molecular complexity index is 1330. The molecule has 8 heteroatoms. The summed E-state index contributed by atoms with van der Waals surface area (Å²) in [4.78, 5) is 23.2. The molecular weight excluding hydrogens is 421 g/mol. The Hall–Kier alpha value is -3.81. The number of nitrogens with zero attached hydrogens (tertiary/aromatic N) is 4. The van der Waals surface area contributed by atoms with E-state index in [-0.39, 0.29) is 23.5 Å². The normalized spacial score (nSPS) is 15.5. The molecule has 0 bridgehead atoms. The van der Waals surface area contributed by atoms with E-state index in [1.165, 1.54) is 18.6 Å². The standard InChI is InChI=1S/C25H22FN5O2/c26-21-12-17(11-20-23(21)27-14-28-24(20)30-18-4-5-18)16-3-1-2-15(10-16)13-31(19-6-7-19)25(32)22-8-9-29-33-22/h1-3,8-12,14,18-19H,4-7,13H2,(H,27,28,30). The number of hydrogen-bond acceptors (Lipinski definition) is 6. The lowest BCUT2D eigenvalue weighted by molar-refractivity contribution is 0.0687. The second-order valence-corrected chi connectivity index (χ2v) is 8.74. The molecule has 0 atom stereocenters. The number of rotatable bonds is 7. The maximum atomic E-state index is 15.0. The summed E-state index contributed by atoms with van der Waals surface area (Å²) >= 11 is 0. The fourth-order valence-electron chi connectivity index (χ4n) is 4.09. The Balaban J connectivity index is 1.33. The first-order valence-electron chi connectivity index (χ1n) is 11.2. The zero-order chi connectivity index (χ0) is 22.4. The second kappa shape index (κ2) is 7.95. The first-order chi connectivity index (χ1) is 16.2. The minimum absolute atomic E-state index is 0.162. The molecule has 0 saturated heterocycles. The van der Waals surface area contributed by atoms with Crippen molar-refractivity contribution in [2.45, 2.75) is 44.3 Å². The Morgan fingerprint density at radius 3 is 2.73 bits per heavy atom. The summed E-state index contributed by atoms with van der Waals surface area (Å²) < 4.78 is 20.0. The number of nitrogens with one attached hydrogen (secondary N) is 1. The van der Waals surface area contributed by atoms with Gasteiger partial charge in [-0.15, -0.1) is 0 Å². The summed E-state index contributed by atoms with van der Waals surface area (Å²) in [7, 11) is 0. The molecule has 4 aromatic rings. The Labute approximate surface area is 189 Å². The van der Waals surface area contributed by atoms with E-state index < -0.39 is 0 Å². The lowest BCUT2D eigenvalue weighted by Crippen LogP contribution is -2.32. The van der Waals surface area contributed by atoms with Crippen molar-refractivity contribution in [3.63, 3.8) is 0 Å². The predicted octanol–water partition coefficient (Wildman–Crippen LogP) is 4.80. The third kappa shape index (κ3) is 4.04. The van der Waals surface area contributed by atoms with Gasteiger partial charge in [0.25, 0.3) is 5.91 Å². The molecule has 2 aliphatic carbocycles. The third-order valence-corrected chi connectivity index (χ3v) is 6.12. The first-order valence-corrected chi connectivity index (χ1v) is 11.2. The van der Waals surface area contributed by atoms with Crippen molar-refractivity contribution in [3.8, 4) is 11.1 Å². The number of amides is 1. The fourth-order valence-corrected chi connectivity index (χ4v) is 4.09. The molecule has 0 unspecified atom stereocenters. The van der Waals surface area contributed by atoms with E-state index >= 15 is 0 Å². The van der Waals surface area contributed by atoms with Crippen molar-refractivity contribution in [3.05, 3.63) is 72.1 Å². The van der Waals surface area contributed by atoms with Gasteiger partial charge in [-0.3, -0.25) is 4.79 Å². The summed E-state index contributed by atoms with van der Waals surface area (Å²) in [6.07, 6.45) is 7.02. The molecule has 33 heavy (non-hydrogen) atoms. The zero-order valence-corrected chi connectivity index (χ0v) is 17.9. The van der Waals surface area contributed by atoms with Gasteiger partial charge in [0.15, 0.2) is 0 Å². The van der Waals surface area contributed by atoms with Gasteiger partial charge < -0.3 is 14.7 Å². The first kappa shape index (κ1) is 19.8. The van der Waals surface area contributed by atoms with Crippen LogP contribution in [0, 0.1) is 5.82 Å². The van der Waals surface area contributed by atoms with Gasteiger partial charge in [-0.05, 0) is 60.6 Å². The molecule has 2 saturated carbocycles. The van der Waals surface area contributed by atoms with Crippen molar-refractivity contribution in [2.75, 3.05) is 5.32 Å². The average molecular weight is 443 g/mol. The summed E-state index contributed by atoms with van der Waals surface area (Å²) in [6.45, 7) is 0.450. The van der Waals surface area contributed by atoms with Gasteiger partial charge in [0, 0.05) is 30.1 Å². The van der Waals surface area contributed by atoms with Crippen LogP contribution in [0.1, 0.15) is 41.8 Å². The van der Waals surface area contributed by atoms with Crippen LogP contribution < -0.4 is 5.32 Å². The number of aromatic nitrogens is 3. The number of anilines is 1. The Kier molecular flexibility index (Phi) is 4.78. The van der Waals surface area contributed by atoms with Crippen molar-refractivity contribution in [1.82, 2.24) is 20.0 Å². The van der Waals surface area contributed by atoms with Gasteiger partial charge in [0.05, 0.1) is 6.20 Å². The molecule has 6 rings (SSSR count). The topological polar surface area (TPSA) is 84.2 Å². The summed E-state index contributed by atoms with van der Waals surface area (Å²) in [6, 6.07) is 13.5. The molecular formula is C25H22FN5O2. The molecule has 2 aliphatic rings. The highest BCUT2D eigenvalue weighted by Gasteiger charge is 2.34. The maximum Gasteiger partial charge on any atom is 0.293 e. The van der Waals surface area contributed by atoms with Crippen molar-refractivity contribution in [1.29, 1.82) is 0 Å². The second-order valence-electron chi connectivity index (χ2n) is 8.74. The Morgan fingerprint density at radius 1 is 1.09 bits per heavy atom. The van der Waals surface area contributed by atoms with E-state index in [0.29, 0.717) is 29.3 Å². The monoisotopic (exact) mass is 443 g/mol. The van der Waals surface area contributed by atoms with Crippen LogP contribution in [0.2, 0.25) is 0 Å². The molecule has 0 radical (unpaired) electrons. The number of carbonyl (C=O) groups excluding carboxylic acids is 1. The van der Waals surface area contributed by atoms with Crippen LogP contribution in [0.15, 0.2) is 59.5 Å². The van der Waals surface area contributed by atoms with Crippen LogP contribution in [-0.2, 0) is 6.54 Å². The fraction of sp³-hybridized carbons (Fsp3) is 0.280. The molecule has 7 nitrogen and oxygen atoms in total. The minimum Gasteiger partial charge on any atom is -0.367 e. The molecule has 1 N–H and O–H groups in total. The van der Waals surface area contributed by atoms with Gasteiger partial charge in [0.2, 0.25) is 5.76 Å². The zero-order valence-electron chi connectivity index (χ0n) is 17.9. The minimum atomic E-state index is -0.380. The number of halogens is 1. The van der Waals surface area contributed by atoms with E-state index in [4.69, 9.17) is 4.52 Å². The van der Waals surface area contributed by atoms with Gasteiger partial charge in [0.1, 0.15) is 23.5 Å². The van der Waals surface area contributed by atoms with Crippen LogP contribution >= 0.6 is 0 Å². The molecule has 2 fully saturated rings. The van der Waals surface area contributed by atoms with Crippen molar-refractivity contribution in [2.24, 2.45) is 0 Å². The highest BCUT2D eigenvalue weighted by molar-refractivity contribution is 5.93. The predicted molar refractivity (Wildman–Crippen MR) is 121 cm³/mol. The quantitative estimate of drug-likeness (QED) is 0.442. The van der Waals surface area contributed by atoms with Crippen LogP contribution in [0.3, 0.4) is 0 Å². The van der Waals surface area contributed by atoms with Crippen LogP contribution in [0.5, 0.6) is 0 Å². The lowest BCUT2D eigenvalue weighted by atomic mass is 10.0. The van der Waals surface area contributed by atoms with Crippen LogP contribution in [-0.4, -0.2) is 38.0 Å². The van der Waals surface area contributed by atoms with Gasteiger partial charge >= 0.3 is 0 Å². The van der Waals surface area contributed by atoms with Crippen molar-refractivity contribution < 1.29 is 13.7 Å². The van der Waals surface area contributed by atoms with E-state index in [9.17, 15) is 9.18 Å². The Morgan fingerprint density at radius 2 is 1.97 bits per heavy atom. The smallest absolute Gasteiger partial charge is 0.293 e. The van der Waals surface area contributed by atoms with E-state index in [1.807, 2.05) is 35.2 Å². The number of fused-ring (bicyclic) bond motifs is 1. The number of benzene rings is 2. The van der Waals surface area contributed by atoms with Crippen LogP contribution in [0.25, 0.3) is 22.0 Å². The third-order valence-electron chi connectivity index (χ3n) is 6.12. The highest BCUT2D eigenvalue weighted by atomic mass is 19.1. The molecule has 0 spiro atoms. The SMILES string of the molecule is O=C(c1ccno1)N(Cc1cccc(-c2cc(F)c3ncnc(NC4CC4)c3c2)c1)C1CC1. The highest BCUT2D eigenvalue weighted by Crippen LogP contribution is 2.33. The lowest BCUT2D eigenvalue weighted by Gasteiger charge is -2.21. The van der Waals surface area contributed by atoms with Crippen molar-refractivity contribution >= 4 is 22.6 Å². The largest absolute Gasteiger partial charge is 0.367 e. The van der Waals surface area contributed by atoms with Gasteiger partial charge in [-0.1, -0.05) is 23.4 Å². The molecule has 0 aliphatic heterocycles. The van der Waals surface area contributed by atoms with E-state index in [0.717, 1.165) is 42.4 Å². The number of hydrogen-bond donors (Lipinski definition) is 1. The number of carbonyl (C=O) groups is 1. The summed E-state index contributed by atoms with van der Waals surface area (Å²) in [5.74, 6) is 0.363. The molecule has 166 valence electrons. The molecule has 1 amide bonds. The van der Waals surface area contributed by atoms with Gasteiger partial charge in [-0.25, -0.2) is 14.4 Å². The summed E-state index contributed by atoms with van der Waals surface area (Å²) in [5, 5.41) is 7.70. The maximum absolute atomic E-state index is 15.0. The van der Waals surface area contributed by atoms with Gasteiger partial charge in [-0.2, -0.15) is 0 Å². The van der Waals surface area contributed by atoms with E-state index in [2.05, 4.69) is 20.4 Å². The molecule has 2 heterocycles. The van der Waals surface area contributed by atoms with Crippen LogP contribution in [0.4, 0.5) is 10.2 Å². The summed E-state index contributed by atoms with van der Waals surface area (Å²) in [5.41, 5.74) is 2.89. The molecule has 2 aromatic heterocycles. The molecule has 2 aromatic carbocycles.